The number of carbonyl (C=O) groups is 5. The van der Waals surface area contributed by atoms with Crippen LogP contribution in [0.3, 0.4) is 0 Å². The molecular formula is C26H25Br2NO11. The minimum absolute atomic E-state index is 0.201. The second-order valence-corrected chi connectivity index (χ2v) is 10.2. The van der Waals surface area contributed by atoms with E-state index in [9.17, 15) is 24.0 Å². The summed E-state index contributed by atoms with van der Waals surface area (Å²) in [4.78, 5) is 63.6. The number of ketones is 1. The van der Waals surface area contributed by atoms with Crippen LogP contribution in [0.5, 0.6) is 5.75 Å². The van der Waals surface area contributed by atoms with Gasteiger partial charge in [0, 0.05) is 27.7 Å². The van der Waals surface area contributed by atoms with Gasteiger partial charge in [0.1, 0.15) is 18.5 Å². The van der Waals surface area contributed by atoms with Crippen molar-refractivity contribution in [3.05, 3.63) is 45.4 Å². The first-order chi connectivity index (χ1) is 18.8. The van der Waals surface area contributed by atoms with Gasteiger partial charge in [0.05, 0.1) is 20.4 Å². The standard InChI is InChI=1S/C26H25Br2NO11/c1-12(30)35-11-21-23(36-13(2)31)24(37-14(3)32)25(38-15(4)33)26(40-21)39-18-7-5-16(6-8-18)29-17-9-19(27)22(34)20(28)10-17/h5-10,21,23-26H,11H2,1-4H3/t21-,23-,24+,25-,26-/m1/s1. The van der Waals surface area contributed by atoms with Crippen LogP contribution in [0.25, 0.3) is 0 Å². The first-order valence-corrected chi connectivity index (χ1v) is 13.4. The molecule has 0 radical (unpaired) electrons. The van der Waals surface area contributed by atoms with Crippen LogP contribution in [0.15, 0.2) is 50.4 Å². The monoisotopic (exact) mass is 685 g/mol. The Kier molecular flexibility index (Phi) is 10.8. The summed E-state index contributed by atoms with van der Waals surface area (Å²) in [5, 5.41) is 0. The molecule has 3 rings (SSSR count). The Morgan fingerprint density at radius 3 is 1.85 bits per heavy atom. The van der Waals surface area contributed by atoms with E-state index in [0.29, 0.717) is 20.4 Å². The van der Waals surface area contributed by atoms with Crippen LogP contribution in [-0.2, 0) is 47.7 Å². The van der Waals surface area contributed by atoms with Gasteiger partial charge in [0.15, 0.2) is 12.2 Å². The van der Waals surface area contributed by atoms with Gasteiger partial charge in [-0.3, -0.25) is 24.0 Å². The number of ether oxygens (including phenoxy) is 6. The third-order valence-corrected chi connectivity index (χ3v) is 6.46. The fraction of sp³-hybridized carbons (Fsp3) is 0.385. The molecule has 1 fully saturated rings. The second-order valence-electron chi connectivity index (χ2n) is 8.53. The van der Waals surface area contributed by atoms with Gasteiger partial charge in [-0.15, -0.1) is 0 Å². The number of nitrogens with zero attached hydrogens (tertiary/aromatic N) is 1. The van der Waals surface area contributed by atoms with E-state index in [0.717, 1.165) is 20.8 Å². The maximum Gasteiger partial charge on any atom is 0.303 e. The fourth-order valence-electron chi connectivity index (χ4n) is 3.78. The first-order valence-electron chi connectivity index (χ1n) is 11.8. The van der Waals surface area contributed by atoms with E-state index in [4.69, 9.17) is 28.4 Å². The average molecular weight is 687 g/mol. The second kappa shape index (κ2) is 13.8. The summed E-state index contributed by atoms with van der Waals surface area (Å²) in [6.07, 6.45) is -3.33. The van der Waals surface area contributed by atoms with Crippen LogP contribution in [0.4, 0.5) is 5.69 Å². The highest BCUT2D eigenvalue weighted by atomic mass is 79.9. The lowest BCUT2D eigenvalue weighted by Crippen LogP contribution is -2.63. The quantitative estimate of drug-likeness (QED) is 0.225. The summed E-state index contributed by atoms with van der Waals surface area (Å²) in [5.41, 5.74) is 1.05. The third kappa shape index (κ3) is 8.57. The number of rotatable bonds is 8. The number of aliphatic imine (C=N–C) groups is 1. The predicted octanol–water partition coefficient (Wildman–Crippen LogP) is 3.36. The minimum atomic E-state index is -1.36. The largest absolute Gasteiger partial charge is 0.463 e. The Morgan fingerprint density at radius 1 is 0.800 bits per heavy atom. The van der Waals surface area contributed by atoms with Gasteiger partial charge in [-0.25, -0.2) is 4.99 Å². The van der Waals surface area contributed by atoms with Crippen LogP contribution >= 0.6 is 31.9 Å². The Balaban J connectivity index is 1.91. The van der Waals surface area contributed by atoms with E-state index >= 15 is 0 Å². The van der Waals surface area contributed by atoms with Gasteiger partial charge in [0.25, 0.3) is 0 Å². The van der Waals surface area contributed by atoms with Gasteiger partial charge >= 0.3 is 23.9 Å². The smallest absolute Gasteiger partial charge is 0.303 e. The topological polar surface area (TPSA) is 153 Å². The molecule has 1 aliphatic carbocycles. The maximum absolute atomic E-state index is 12.0. The van der Waals surface area contributed by atoms with Crippen molar-refractivity contribution >= 4 is 72.9 Å². The number of halogens is 2. The van der Waals surface area contributed by atoms with Gasteiger partial charge in [-0.1, -0.05) is 0 Å². The van der Waals surface area contributed by atoms with Crippen LogP contribution in [0.2, 0.25) is 0 Å². The number of benzene rings is 1. The Hall–Kier alpha value is -3.36. The molecule has 214 valence electrons. The number of hydrogen-bond acceptors (Lipinski definition) is 12. The lowest BCUT2D eigenvalue weighted by Gasteiger charge is -2.43. The van der Waals surface area contributed by atoms with Crippen molar-refractivity contribution in [3.63, 3.8) is 0 Å². The van der Waals surface area contributed by atoms with Crippen molar-refractivity contribution in [1.82, 2.24) is 0 Å². The van der Waals surface area contributed by atoms with E-state index < -0.39 is 54.6 Å². The molecule has 14 heteroatoms. The van der Waals surface area contributed by atoms with Crippen molar-refractivity contribution < 1.29 is 52.4 Å². The SMILES string of the molecule is CC(=O)OC[C@H]1O[C@@H](Oc2ccc(N=C3C=C(Br)C(=O)C(Br)=C3)cc2)[C@H](OC(C)=O)[C@@H](OC(C)=O)[C@@H]1OC(C)=O. The summed E-state index contributed by atoms with van der Waals surface area (Å²) in [7, 11) is 0. The van der Waals surface area contributed by atoms with Gasteiger partial charge in [-0.2, -0.15) is 0 Å². The number of esters is 4. The molecule has 5 atom stereocenters. The molecule has 1 saturated heterocycles. The zero-order valence-corrected chi connectivity index (χ0v) is 24.9. The molecule has 2 aliphatic rings. The van der Waals surface area contributed by atoms with Gasteiger partial charge in [-0.05, 0) is 68.3 Å². The van der Waals surface area contributed by atoms with Gasteiger partial charge in [0.2, 0.25) is 18.2 Å². The molecule has 1 aromatic carbocycles. The van der Waals surface area contributed by atoms with Crippen molar-refractivity contribution in [2.45, 2.75) is 58.4 Å². The van der Waals surface area contributed by atoms with E-state index in [2.05, 4.69) is 36.9 Å². The van der Waals surface area contributed by atoms with Gasteiger partial charge < -0.3 is 28.4 Å². The summed E-state index contributed by atoms with van der Waals surface area (Å²) in [6, 6.07) is 6.40. The Morgan fingerprint density at radius 2 is 1.32 bits per heavy atom. The van der Waals surface area contributed by atoms with E-state index in [-0.39, 0.29) is 18.1 Å². The van der Waals surface area contributed by atoms with E-state index in [1.54, 1.807) is 36.4 Å². The normalized spacial score (nSPS) is 24.2. The summed E-state index contributed by atoms with van der Waals surface area (Å²) in [5.74, 6) is -2.79. The first kappa shape index (κ1) is 31.2. The number of Topliss-reactive ketones (excluding diaryl/α,β-unsaturated/α-hetero) is 1. The lowest BCUT2D eigenvalue weighted by atomic mass is 9.98. The number of hydrogen-bond donors (Lipinski definition) is 0. The minimum Gasteiger partial charge on any atom is -0.463 e. The lowest BCUT2D eigenvalue weighted by molar-refractivity contribution is -0.288. The molecule has 0 N–H and O–H groups in total. The van der Waals surface area contributed by atoms with Crippen molar-refractivity contribution in [1.29, 1.82) is 0 Å². The molecule has 0 aromatic heterocycles. The third-order valence-electron chi connectivity index (χ3n) is 5.28. The molecule has 1 aliphatic heterocycles. The maximum atomic E-state index is 12.0. The van der Waals surface area contributed by atoms with Crippen LogP contribution in [0.1, 0.15) is 27.7 Å². The molecular weight excluding hydrogens is 662 g/mol. The highest BCUT2D eigenvalue weighted by Crippen LogP contribution is 2.32. The predicted molar refractivity (Wildman–Crippen MR) is 145 cm³/mol. The van der Waals surface area contributed by atoms with Crippen LogP contribution in [-0.4, -0.2) is 72.7 Å². The Labute approximate surface area is 245 Å². The summed E-state index contributed by atoms with van der Waals surface area (Å²) < 4.78 is 33.8. The highest BCUT2D eigenvalue weighted by molar-refractivity contribution is 9.13. The van der Waals surface area contributed by atoms with Crippen molar-refractivity contribution in [2.24, 2.45) is 4.99 Å². The fourth-order valence-corrected chi connectivity index (χ4v) is 4.94. The molecule has 40 heavy (non-hydrogen) atoms. The molecule has 12 nitrogen and oxygen atoms in total. The van der Waals surface area contributed by atoms with Crippen LogP contribution < -0.4 is 4.74 Å². The molecule has 0 saturated carbocycles. The summed E-state index contributed by atoms with van der Waals surface area (Å²) in [6.45, 7) is 4.22. The average Bonchev–Trinajstić information content (AvgIpc) is 2.85. The van der Waals surface area contributed by atoms with Crippen molar-refractivity contribution in [3.8, 4) is 5.75 Å². The molecule has 0 unspecified atom stereocenters. The molecule has 0 amide bonds. The Bertz CT molecular complexity index is 1250. The molecule has 1 heterocycles. The van der Waals surface area contributed by atoms with E-state index in [1.807, 2.05) is 0 Å². The van der Waals surface area contributed by atoms with Crippen molar-refractivity contribution in [2.75, 3.05) is 6.61 Å². The summed E-state index contributed by atoms with van der Waals surface area (Å²) >= 11 is 6.40. The number of allylic oxidation sites excluding steroid dienone is 4. The van der Waals surface area contributed by atoms with Crippen LogP contribution in [0, 0.1) is 0 Å². The highest BCUT2D eigenvalue weighted by Gasteiger charge is 2.53. The van der Waals surface area contributed by atoms with E-state index in [1.165, 1.54) is 6.92 Å². The zero-order valence-electron chi connectivity index (χ0n) is 21.8. The number of carbonyl (C=O) groups excluding carboxylic acids is 5. The molecule has 1 aromatic rings. The zero-order chi connectivity index (χ0) is 29.6. The molecule has 0 spiro atoms. The molecule has 0 bridgehead atoms.